The summed E-state index contributed by atoms with van der Waals surface area (Å²) in [6, 6.07) is 12.1. The number of nitrogen functional groups attached to an aromatic ring is 1. The van der Waals surface area contributed by atoms with E-state index in [2.05, 4.69) is 10.3 Å². The Morgan fingerprint density at radius 1 is 1.17 bits per heavy atom. The predicted octanol–water partition coefficient (Wildman–Crippen LogP) is 4.45. The summed E-state index contributed by atoms with van der Waals surface area (Å²) in [4.78, 5) is 15.6. The maximum absolute atomic E-state index is 12.5. The third-order valence-electron chi connectivity index (χ3n) is 5.56. The fourth-order valence-electron chi connectivity index (χ4n) is 3.91. The van der Waals surface area contributed by atoms with Gasteiger partial charge in [0.15, 0.2) is 11.5 Å². The Hall–Kier alpha value is -4.50. The number of nitrogens with one attached hydrogen (secondary N) is 2. The number of nitrogens with two attached hydrogens (primary N) is 1. The van der Waals surface area contributed by atoms with Crippen molar-refractivity contribution < 1.29 is 41.0 Å². The highest BCUT2D eigenvalue weighted by Crippen LogP contribution is 2.39. The molecule has 41 heavy (non-hydrogen) atoms. The molecule has 0 spiro atoms. The van der Waals surface area contributed by atoms with Crippen LogP contribution in [0.3, 0.4) is 0 Å². The fraction of sp³-hybridized carbons (Fsp3) is 0.231. The number of para-hydroxylation sites is 1. The Morgan fingerprint density at radius 3 is 2.46 bits per heavy atom. The van der Waals surface area contributed by atoms with Crippen LogP contribution in [0.2, 0.25) is 0 Å². The number of rotatable bonds is 8. The molecular weight excluding hydrogens is 567 g/mol. The van der Waals surface area contributed by atoms with Crippen LogP contribution in [0.1, 0.15) is 21.7 Å². The molecule has 0 bridgehead atoms. The number of aryl methyl sites for hydroxylation is 1. The Labute approximate surface area is 233 Å². The number of hydrogen-bond donors (Lipinski definition) is 4. The summed E-state index contributed by atoms with van der Waals surface area (Å²) in [6.45, 7) is 0.648. The fourth-order valence-corrected chi connectivity index (χ4v) is 4.46. The Bertz CT molecular complexity index is 1670. The zero-order chi connectivity index (χ0) is 30.5. The zero-order valence-corrected chi connectivity index (χ0v) is 23.2. The molecule has 2 aromatic carbocycles. The van der Waals surface area contributed by atoms with Gasteiger partial charge in [0, 0.05) is 31.2 Å². The molecule has 2 aromatic heterocycles. The minimum atomic E-state index is -4.63. The topological polar surface area (TPSA) is 158 Å². The molecule has 15 heteroatoms. The minimum Gasteiger partial charge on any atom is -0.492 e. The van der Waals surface area contributed by atoms with Crippen molar-refractivity contribution in [3.8, 4) is 17.2 Å². The van der Waals surface area contributed by atoms with Gasteiger partial charge in [0.05, 0.1) is 41.5 Å². The number of methoxy groups -OCH3 is 1. The van der Waals surface area contributed by atoms with Crippen molar-refractivity contribution in [3.05, 3.63) is 71.7 Å². The van der Waals surface area contributed by atoms with Crippen molar-refractivity contribution >= 4 is 38.3 Å². The summed E-state index contributed by atoms with van der Waals surface area (Å²) in [5, 5.41) is 13.1. The van der Waals surface area contributed by atoms with Crippen molar-refractivity contribution in [1.29, 1.82) is 0 Å². The molecule has 5 N–H and O–H groups in total. The Morgan fingerprint density at radius 2 is 1.88 bits per heavy atom. The number of carboxylic acids is 1. The van der Waals surface area contributed by atoms with Crippen LogP contribution in [0.15, 0.2) is 54.7 Å². The number of alkyl halides is 3. The minimum absolute atomic E-state index is 0.159. The molecule has 4 aromatic rings. The summed E-state index contributed by atoms with van der Waals surface area (Å²) in [7, 11) is 1.01. The van der Waals surface area contributed by atoms with Crippen molar-refractivity contribution in [2.75, 3.05) is 30.9 Å². The molecule has 11 nitrogen and oxygen atoms in total. The number of fused-ring (bicyclic) bond motifs is 1. The molecule has 0 atom stereocenters. The highest BCUT2D eigenvalue weighted by atomic mass is 32.2. The number of sulfonamides is 1. The first kappa shape index (κ1) is 31.0. The molecule has 0 unspecified atom stereocenters. The first-order chi connectivity index (χ1) is 19.1. The summed E-state index contributed by atoms with van der Waals surface area (Å²) >= 11 is 0. The number of nitrogens with zero attached hydrogens (tertiary/aromatic N) is 2. The lowest BCUT2D eigenvalue weighted by atomic mass is 10.1. The van der Waals surface area contributed by atoms with Crippen LogP contribution < -0.4 is 25.2 Å². The normalized spacial score (nSPS) is 11.5. The lowest BCUT2D eigenvalue weighted by molar-refractivity contribution is -0.137. The quantitative estimate of drug-likeness (QED) is 0.216. The van der Waals surface area contributed by atoms with Gasteiger partial charge in [-0.1, -0.05) is 12.1 Å². The molecule has 0 radical (unpaired) electrons. The number of carboxylic acid groups (broad SMARTS) is 1. The van der Waals surface area contributed by atoms with Gasteiger partial charge >= 0.3 is 12.1 Å². The number of benzene rings is 2. The number of pyridine rings is 1. The molecule has 0 saturated carbocycles. The van der Waals surface area contributed by atoms with E-state index in [0.717, 1.165) is 22.9 Å². The Balaban J connectivity index is 0.000000233. The van der Waals surface area contributed by atoms with E-state index in [1.54, 1.807) is 29.9 Å². The molecular formula is C26H28F3N5O6S. The number of hydrogen-bond acceptors (Lipinski definition) is 8. The van der Waals surface area contributed by atoms with E-state index in [-0.39, 0.29) is 22.8 Å². The van der Waals surface area contributed by atoms with E-state index in [1.807, 2.05) is 36.0 Å². The molecule has 0 amide bonds. The molecule has 0 aliphatic rings. The summed E-state index contributed by atoms with van der Waals surface area (Å²) in [6.07, 6.45) is -2.13. The maximum atomic E-state index is 12.5. The van der Waals surface area contributed by atoms with Gasteiger partial charge in [-0.3, -0.25) is 9.71 Å². The molecule has 0 aliphatic heterocycles. The SMILES string of the molecule is CNCc1cc(Oc2cccc3cc(C(=O)O)n(C)c23)ccn1.COc1c(N)cc(C(F)(F)F)cc1NS(C)(=O)=O. The van der Waals surface area contributed by atoms with Crippen LogP contribution in [0.4, 0.5) is 24.5 Å². The van der Waals surface area contributed by atoms with E-state index in [1.165, 1.54) is 7.11 Å². The lowest BCUT2D eigenvalue weighted by Crippen LogP contribution is -2.13. The average Bonchev–Trinajstić information content (AvgIpc) is 3.21. The summed E-state index contributed by atoms with van der Waals surface area (Å²) in [5.41, 5.74) is 5.51. The predicted molar refractivity (Wildman–Crippen MR) is 148 cm³/mol. The Kier molecular flexibility index (Phi) is 9.35. The van der Waals surface area contributed by atoms with Crippen LogP contribution >= 0.6 is 0 Å². The van der Waals surface area contributed by atoms with Gasteiger partial charge in [0.25, 0.3) is 0 Å². The van der Waals surface area contributed by atoms with Gasteiger partial charge in [-0.15, -0.1) is 0 Å². The lowest BCUT2D eigenvalue weighted by Gasteiger charge is -2.15. The van der Waals surface area contributed by atoms with E-state index in [0.29, 0.717) is 30.2 Å². The number of aromatic carboxylic acids is 1. The second-order valence-electron chi connectivity index (χ2n) is 8.72. The standard InChI is InChI=1S/C17H17N3O3.C9H11F3N2O3S/c1-18-10-12-9-13(6-7-19-12)23-15-5-3-4-11-8-14(17(21)22)20(2)16(11)15;1-17-8-6(13)3-5(9(10,11)12)4-7(8)14-18(2,15)16/h3-9,18H,10H2,1-2H3,(H,21,22);3-4,14H,13H2,1-2H3. The van der Waals surface area contributed by atoms with Crippen LogP contribution in [0.5, 0.6) is 17.2 Å². The van der Waals surface area contributed by atoms with Gasteiger partial charge in [0.2, 0.25) is 10.0 Å². The van der Waals surface area contributed by atoms with Gasteiger partial charge in [-0.25, -0.2) is 13.2 Å². The number of carbonyl (C=O) groups is 1. The van der Waals surface area contributed by atoms with Gasteiger partial charge < -0.3 is 30.2 Å². The second kappa shape index (κ2) is 12.3. The first-order valence-electron chi connectivity index (χ1n) is 11.8. The second-order valence-corrected chi connectivity index (χ2v) is 10.5. The maximum Gasteiger partial charge on any atom is 0.416 e. The van der Waals surface area contributed by atoms with Crippen molar-refractivity contribution in [3.63, 3.8) is 0 Å². The van der Waals surface area contributed by atoms with Crippen LogP contribution in [-0.4, -0.2) is 49.5 Å². The average molecular weight is 596 g/mol. The van der Waals surface area contributed by atoms with E-state index >= 15 is 0 Å². The van der Waals surface area contributed by atoms with Gasteiger partial charge in [-0.2, -0.15) is 13.2 Å². The van der Waals surface area contributed by atoms with Crippen molar-refractivity contribution in [1.82, 2.24) is 14.9 Å². The number of ether oxygens (including phenoxy) is 2. The largest absolute Gasteiger partial charge is 0.492 e. The van der Waals surface area contributed by atoms with E-state index in [9.17, 15) is 31.5 Å². The monoisotopic (exact) mass is 595 g/mol. The van der Waals surface area contributed by atoms with Crippen molar-refractivity contribution in [2.24, 2.45) is 7.05 Å². The van der Waals surface area contributed by atoms with E-state index < -0.39 is 27.7 Å². The van der Waals surface area contributed by atoms with Crippen LogP contribution in [0.25, 0.3) is 10.9 Å². The third kappa shape index (κ3) is 7.79. The van der Waals surface area contributed by atoms with Crippen LogP contribution in [0, 0.1) is 0 Å². The molecule has 0 saturated heterocycles. The van der Waals surface area contributed by atoms with Crippen LogP contribution in [-0.2, 0) is 29.8 Å². The molecule has 220 valence electrons. The number of anilines is 2. The first-order valence-corrected chi connectivity index (χ1v) is 13.6. The van der Waals surface area contributed by atoms with E-state index in [4.69, 9.17) is 15.2 Å². The number of aromatic nitrogens is 2. The zero-order valence-electron chi connectivity index (χ0n) is 22.4. The van der Waals surface area contributed by atoms with Gasteiger partial charge in [0.1, 0.15) is 11.4 Å². The highest BCUT2D eigenvalue weighted by Gasteiger charge is 2.32. The molecule has 0 aliphatic carbocycles. The third-order valence-corrected chi connectivity index (χ3v) is 6.15. The van der Waals surface area contributed by atoms with Gasteiger partial charge in [-0.05, 0) is 37.4 Å². The molecule has 4 rings (SSSR count). The smallest absolute Gasteiger partial charge is 0.416 e. The summed E-state index contributed by atoms with van der Waals surface area (Å²) < 4.78 is 74.0. The molecule has 2 heterocycles. The van der Waals surface area contributed by atoms with Crippen molar-refractivity contribution in [2.45, 2.75) is 12.7 Å². The summed E-state index contributed by atoms with van der Waals surface area (Å²) in [5.74, 6) is 0.151. The molecule has 0 fully saturated rings. The number of halogens is 3. The highest BCUT2D eigenvalue weighted by molar-refractivity contribution is 7.92.